The molecule has 1 fully saturated rings. The number of hydrogen-bond acceptors (Lipinski definition) is 4. The molecule has 1 rings (SSSR count). The van der Waals surface area contributed by atoms with Gasteiger partial charge in [0, 0.05) is 32.2 Å². The topological polar surface area (TPSA) is 93.1 Å². The second-order valence-corrected chi connectivity index (χ2v) is 5.12. The van der Waals surface area contributed by atoms with Gasteiger partial charge in [0.05, 0.1) is 6.10 Å². The number of aliphatic hydroxyl groups excluding tert-OH is 1. The molecule has 1 heterocycles. The standard InChI is InChI=1S/C12H23N3O4/c1-8(2)14-4-6-15(7-5-14)12(19)13-10(9(3)16)11(17)18/h8-10,16H,4-7H2,1-3H3,(H,13,19)(H,17,18). The normalized spacial score (nSPS) is 20.2. The van der Waals surface area contributed by atoms with Crippen LogP contribution in [-0.4, -0.2) is 76.4 Å². The van der Waals surface area contributed by atoms with Crippen molar-refractivity contribution < 1.29 is 19.8 Å². The number of nitrogens with one attached hydrogen (secondary N) is 1. The first kappa shape index (κ1) is 15.7. The Hall–Kier alpha value is -1.34. The molecule has 0 spiro atoms. The Balaban J connectivity index is 2.49. The van der Waals surface area contributed by atoms with Crippen molar-refractivity contribution in [3.05, 3.63) is 0 Å². The maximum absolute atomic E-state index is 11.9. The number of carbonyl (C=O) groups is 2. The summed E-state index contributed by atoms with van der Waals surface area (Å²) in [6.45, 7) is 8.23. The quantitative estimate of drug-likeness (QED) is 0.645. The van der Waals surface area contributed by atoms with Crippen LogP contribution in [0.5, 0.6) is 0 Å². The number of aliphatic hydroxyl groups is 1. The minimum Gasteiger partial charge on any atom is -0.480 e. The molecular weight excluding hydrogens is 250 g/mol. The number of carboxylic acid groups (broad SMARTS) is 1. The van der Waals surface area contributed by atoms with E-state index in [0.717, 1.165) is 13.1 Å². The van der Waals surface area contributed by atoms with E-state index in [1.54, 1.807) is 4.90 Å². The van der Waals surface area contributed by atoms with E-state index in [9.17, 15) is 14.7 Å². The van der Waals surface area contributed by atoms with Gasteiger partial charge in [0.15, 0.2) is 6.04 Å². The molecule has 2 amide bonds. The van der Waals surface area contributed by atoms with Crippen molar-refractivity contribution >= 4 is 12.0 Å². The molecule has 0 radical (unpaired) electrons. The van der Waals surface area contributed by atoms with Crippen LogP contribution in [0, 0.1) is 0 Å². The molecule has 0 aromatic heterocycles. The fraction of sp³-hybridized carbons (Fsp3) is 0.833. The molecule has 0 aliphatic carbocycles. The molecule has 1 aliphatic rings. The molecule has 0 bridgehead atoms. The number of carboxylic acids is 1. The molecule has 2 atom stereocenters. The predicted octanol–water partition coefficient (Wildman–Crippen LogP) is -0.444. The number of hydrogen-bond donors (Lipinski definition) is 3. The highest BCUT2D eigenvalue weighted by molar-refractivity contribution is 5.83. The van der Waals surface area contributed by atoms with Crippen LogP contribution in [0.2, 0.25) is 0 Å². The highest BCUT2D eigenvalue weighted by Gasteiger charge is 2.29. The summed E-state index contributed by atoms with van der Waals surface area (Å²) >= 11 is 0. The van der Waals surface area contributed by atoms with Gasteiger partial charge in [-0.05, 0) is 20.8 Å². The summed E-state index contributed by atoms with van der Waals surface area (Å²) in [5.74, 6) is -1.23. The molecule has 1 aliphatic heterocycles. The first-order chi connectivity index (χ1) is 8.82. The van der Waals surface area contributed by atoms with Crippen molar-refractivity contribution in [2.24, 2.45) is 0 Å². The van der Waals surface area contributed by atoms with Crippen molar-refractivity contribution in [2.75, 3.05) is 26.2 Å². The number of carbonyl (C=O) groups excluding carboxylic acids is 1. The van der Waals surface area contributed by atoms with E-state index in [4.69, 9.17) is 5.11 Å². The van der Waals surface area contributed by atoms with Crippen molar-refractivity contribution in [1.29, 1.82) is 0 Å². The molecule has 1 saturated heterocycles. The lowest BCUT2D eigenvalue weighted by Crippen LogP contribution is -2.57. The third-order valence-corrected chi connectivity index (χ3v) is 3.36. The van der Waals surface area contributed by atoms with E-state index in [0.29, 0.717) is 19.1 Å². The smallest absolute Gasteiger partial charge is 0.328 e. The van der Waals surface area contributed by atoms with Gasteiger partial charge in [0.25, 0.3) is 0 Å². The zero-order valence-electron chi connectivity index (χ0n) is 11.7. The number of urea groups is 1. The molecular formula is C12H23N3O4. The lowest BCUT2D eigenvalue weighted by Gasteiger charge is -2.37. The van der Waals surface area contributed by atoms with Crippen LogP contribution in [0.1, 0.15) is 20.8 Å². The van der Waals surface area contributed by atoms with Crippen LogP contribution < -0.4 is 5.32 Å². The number of rotatable bonds is 4. The summed E-state index contributed by atoms with van der Waals surface area (Å²) in [6, 6.07) is -1.26. The van der Waals surface area contributed by atoms with Gasteiger partial charge >= 0.3 is 12.0 Å². The molecule has 3 N–H and O–H groups in total. The number of nitrogens with zero attached hydrogens (tertiary/aromatic N) is 2. The fourth-order valence-corrected chi connectivity index (χ4v) is 2.05. The second-order valence-electron chi connectivity index (χ2n) is 5.12. The van der Waals surface area contributed by atoms with Crippen molar-refractivity contribution in [3.63, 3.8) is 0 Å². The highest BCUT2D eigenvalue weighted by Crippen LogP contribution is 2.06. The van der Waals surface area contributed by atoms with E-state index < -0.39 is 24.1 Å². The largest absolute Gasteiger partial charge is 0.480 e. The van der Waals surface area contributed by atoms with Gasteiger partial charge in [-0.2, -0.15) is 0 Å². The van der Waals surface area contributed by atoms with Crippen molar-refractivity contribution in [3.8, 4) is 0 Å². The Morgan fingerprint density at radius 2 is 1.63 bits per heavy atom. The molecule has 2 unspecified atom stereocenters. The summed E-state index contributed by atoms with van der Waals surface area (Å²) in [5, 5.41) is 20.6. The highest BCUT2D eigenvalue weighted by atomic mass is 16.4. The van der Waals surface area contributed by atoms with E-state index in [-0.39, 0.29) is 0 Å². The molecule has 7 nitrogen and oxygen atoms in total. The maximum Gasteiger partial charge on any atom is 0.328 e. The fourth-order valence-electron chi connectivity index (χ4n) is 2.05. The van der Waals surface area contributed by atoms with Crippen LogP contribution in [0.3, 0.4) is 0 Å². The third kappa shape index (κ3) is 4.36. The van der Waals surface area contributed by atoms with Gasteiger partial charge in [0.1, 0.15) is 0 Å². The summed E-state index contributed by atoms with van der Waals surface area (Å²) in [4.78, 5) is 26.7. The Labute approximate surface area is 113 Å². The average molecular weight is 273 g/mol. The minimum atomic E-state index is -1.27. The Morgan fingerprint density at radius 1 is 1.11 bits per heavy atom. The summed E-state index contributed by atoms with van der Waals surface area (Å²) in [6.07, 6.45) is -1.13. The van der Waals surface area contributed by atoms with Crippen molar-refractivity contribution in [2.45, 2.75) is 39.0 Å². The van der Waals surface area contributed by atoms with E-state index >= 15 is 0 Å². The SMILES string of the molecule is CC(O)C(NC(=O)N1CCN(C(C)C)CC1)C(=O)O. The zero-order valence-corrected chi connectivity index (χ0v) is 11.7. The van der Waals surface area contributed by atoms with E-state index in [2.05, 4.69) is 24.1 Å². The van der Waals surface area contributed by atoms with Crippen LogP contribution in [-0.2, 0) is 4.79 Å². The lowest BCUT2D eigenvalue weighted by molar-refractivity contribution is -0.141. The Morgan fingerprint density at radius 3 is 2.00 bits per heavy atom. The lowest BCUT2D eigenvalue weighted by atomic mass is 10.2. The summed E-state index contributed by atoms with van der Waals surface area (Å²) < 4.78 is 0. The van der Waals surface area contributed by atoms with Crippen LogP contribution in [0.4, 0.5) is 4.79 Å². The van der Waals surface area contributed by atoms with Gasteiger partial charge in [-0.1, -0.05) is 0 Å². The Kier molecular flexibility index (Phi) is 5.56. The number of amides is 2. The monoisotopic (exact) mass is 273 g/mol. The second kappa shape index (κ2) is 6.72. The third-order valence-electron chi connectivity index (χ3n) is 3.36. The molecule has 0 saturated carbocycles. The molecule has 19 heavy (non-hydrogen) atoms. The van der Waals surface area contributed by atoms with Gasteiger partial charge in [-0.15, -0.1) is 0 Å². The average Bonchev–Trinajstić information content (AvgIpc) is 2.34. The van der Waals surface area contributed by atoms with Gasteiger partial charge < -0.3 is 20.4 Å². The van der Waals surface area contributed by atoms with Crippen LogP contribution >= 0.6 is 0 Å². The molecule has 0 aromatic carbocycles. The van der Waals surface area contributed by atoms with E-state index in [1.807, 2.05) is 0 Å². The van der Waals surface area contributed by atoms with E-state index in [1.165, 1.54) is 6.92 Å². The minimum absolute atomic E-state index is 0.434. The van der Waals surface area contributed by atoms with Gasteiger partial charge in [-0.25, -0.2) is 9.59 Å². The first-order valence-electron chi connectivity index (χ1n) is 6.53. The van der Waals surface area contributed by atoms with Crippen molar-refractivity contribution in [1.82, 2.24) is 15.1 Å². The number of piperazine rings is 1. The van der Waals surface area contributed by atoms with Gasteiger partial charge in [0.2, 0.25) is 0 Å². The zero-order chi connectivity index (χ0) is 14.6. The van der Waals surface area contributed by atoms with Gasteiger partial charge in [-0.3, -0.25) is 4.90 Å². The molecule has 7 heteroatoms. The molecule has 0 aromatic rings. The molecule has 110 valence electrons. The van der Waals surface area contributed by atoms with Crippen LogP contribution in [0.25, 0.3) is 0 Å². The van der Waals surface area contributed by atoms with Crippen LogP contribution in [0.15, 0.2) is 0 Å². The number of aliphatic carboxylic acids is 1. The Bertz CT molecular complexity index is 325. The summed E-state index contributed by atoms with van der Waals surface area (Å²) in [5.41, 5.74) is 0. The first-order valence-corrected chi connectivity index (χ1v) is 6.53. The summed E-state index contributed by atoms with van der Waals surface area (Å²) in [7, 11) is 0. The maximum atomic E-state index is 11.9. The predicted molar refractivity (Wildman–Crippen MR) is 69.9 cm³/mol.